The topological polar surface area (TPSA) is 73.2 Å². The van der Waals surface area contributed by atoms with E-state index >= 15 is 0 Å². The number of rotatable bonds is 7. The van der Waals surface area contributed by atoms with E-state index in [1.807, 2.05) is 66.9 Å². The Labute approximate surface area is 206 Å². The van der Waals surface area contributed by atoms with Crippen molar-refractivity contribution >= 4 is 39.2 Å². The number of para-hydroxylation sites is 1. The van der Waals surface area contributed by atoms with Crippen LogP contribution in [0.25, 0.3) is 27.0 Å². The van der Waals surface area contributed by atoms with Gasteiger partial charge in [0.15, 0.2) is 5.16 Å². The van der Waals surface area contributed by atoms with Gasteiger partial charge in [-0.05, 0) is 37.0 Å². The molecule has 0 aliphatic carbocycles. The fourth-order valence-electron chi connectivity index (χ4n) is 4.14. The largest absolute Gasteiger partial charge is 0.376 e. The quantitative estimate of drug-likeness (QED) is 0.297. The van der Waals surface area contributed by atoms with Gasteiger partial charge >= 0.3 is 0 Å². The molecular weight excluding hydrogens is 466 g/mol. The van der Waals surface area contributed by atoms with Crippen LogP contribution in [-0.2, 0) is 9.53 Å². The minimum atomic E-state index is -0.123. The third-order valence-corrected chi connectivity index (χ3v) is 7.71. The minimum absolute atomic E-state index is 0.0936. The van der Waals surface area contributed by atoms with Crippen LogP contribution in [0.3, 0.4) is 0 Å². The smallest absolute Gasteiger partial charge is 0.268 e. The van der Waals surface area contributed by atoms with Gasteiger partial charge in [0.1, 0.15) is 4.83 Å². The Kier molecular flexibility index (Phi) is 6.80. The highest BCUT2D eigenvalue weighted by atomic mass is 32.2. The predicted octanol–water partition coefficient (Wildman–Crippen LogP) is 4.81. The molecule has 1 amide bonds. The Morgan fingerprint density at radius 2 is 2.00 bits per heavy atom. The van der Waals surface area contributed by atoms with E-state index in [0.29, 0.717) is 21.9 Å². The molecular formula is C26H25N3O3S2. The number of aromatic nitrogens is 2. The maximum atomic E-state index is 13.9. The van der Waals surface area contributed by atoms with Gasteiger partial charge in [-0.2, -0.15) is 0 Å². The number of amides is 1. The molecule has 3 heterocycles. The monoisotopic (exact) mass is 491 g/mol. The number of nitrogens with zero attached hydrogens (tertiary/aromatic N) is 2. The Hall–Kier alpha value is -2.94. The molecule has 0 saturated carbocycles. The molecule has 1 aliphatic rings. The van der Waals surface area contributed by atoms with E-state index in [0.717, 1.165) is 41.8 Å². The molecule has 1 N–H and O–H groups in total. The summed E-state index contributed by atoms with van der Waals surface area (Å²) in [5.74, 6) is 0.0790. The summed E-state index contributed by atoms with van der Waals surface area (Å²) in [4.78, 5) is 32.0. The molecule has 5 rings (SSSR count). The zero-order chi connectivity index (χ0) is 23.5. The second-order valence-electron chi connectivity index (χ2n) is 8.24. The molecule has 2 aromatic heterocycles. The molecule has 34 heavy (non-hydrogen) atoms. The van der Waals surface area contributed by atoms with Crippen molar-refractivity contribution in [3.8, 4) is 16.8 Å². The lowest BCUT2D eigenvalue weighted by molar-refractivity contribution is -0.119. The molecule has 1 atom stereocenters. The first kappa shape index (κ1) is 22.8. The van der Waals surface area contributed by atoms with Crippen molar-refractivity contribution in [2.24, 2.45) is 0 Å². The standard InChI is InChI=1S/C26H25N3O3S2/c1-17-8-5-6-12-21(17)29-25(31)23-20(18-9-3-2-4-10-18)15-33-24(23)28-26(29)34-16-22(30)27-14-19-11-7-13-32-19/h2-6,8-10,12,15,19H,7,11,13-14,16H2,1H3,(H,27,30)/t19-/m1/s1. The Bertz CT molecular complexity index is 1380. The summed E-state index contributed by atoms with van der Waals surface area (Å²) in [5, 5.41) is 6.05. The van der Waals surface area contributed by atoms with E-state index in [-0.39, 0.29) is 23.3 Å². The molecule has 0 bridgehead atoms. The molecule has 0 radical (unpaired) electrons. The zero-order valence-electron chi connectivity index (χ0n) is 18.8. The van der Waals surface area contributed by atoms with E-state index in [1.54, 1.807) is 4.57 Å². The van der Waals surface area contributed by atoms with Gasteiger partial charge < -0.3 is 10.1 Å². The average molecular weight is 492 g/mol. The van der Waals surface area contributed by atoms with E-state index in [1.165, 1.54) is 23.1 Å². The number of aryl methyl sites for hydroxylation is 1. The Balaban J connectivity index is 1.52. The number of nitrogens with one attached hydrogen (secondary N) is 1. The molecule has 0 spiro atoms. The first-order chi connectivity index (χ1) is 16.6. The fraction of sp³-hybridized carbons (Fsp3) is 0.269. The molecule has 4 aromatic rings. The predicted molar refractivity (Wildman–Crippen MR) is 138 cm³/mol. The summed E-state index contributed by atoms with van der Waals surface area (Å²) in [7, 11) is 0. The van der Waals surface area contributed by atoms with Crippen molar-refractivity contribution in [2.45, 2.75) is 31.0 Å². The third kappa shape index (κ3) is 4.66. The van der Waals surface area contributed by atoms with Crippen LogP contribution in [0.4, 0.5) is 0 Å². The van der Waals surface area contributed by atoms with Gasteiger partial charge in [-0.25, -0.2) is 4.98 Å². The molecule has 1 saturated heterocycles. The van der Waals surface area contributed by atoms with Gasteiger partial charge in [-0.15, -0.1) is 11.3 Å². The summed E-state index contributed by atoms with van der Waals surface area (Å²) in [6, 6.07) is 17.6. The molecule has 0 unspecified atom stereocenters. The van der Waals surface area contributed by atoms with Gasteiger partial charge in [0.2, 0.25) is 5.91 Å². The maximum Gasteiger partial charge on any atom is 0.268 e. The van der Waals surface area contributed by atoms with Gasteiger partial charge in [0, 0.05) is 24.1 Å². The highest BCUT2D eigenvalue weighted by Gasteiger charge is 2.21. The summed E-state index contributed by atoms with van der Waals surface area (Å²) >= 11 is 2.73. The number of thiophene rings is 1. The SMILES string of the molecule is Cc1ccccc1-n1c(SCC(=O)NC[C@H]2CCCO2)nc2scc(-c3ccccc3)c2c1=O. The number of benzene rings is 2. The molecule has 174 valence electrons. The summed E-state index contributed by atoms with van der Waals surface area (Å²) in [6.45, 7) is 3.25. The number of hydrogen-bond acceptors (Lipinski definition) is 6. The number of thioether (sulfide) groups is 1. The number of ether oxygens (including phenoxy) is 1. The van der Waals surface area contributed by atoms with Crippen LogP contribution in [0.15, 0.2) is 69.9 Å². The summed E-state index contributed by atoms with van der Waals surface area (Å²) in [6.07, 6.45) is 2.10. The summed E-state index contributed by atoms with van der Waals surface area (Å²) < 4.78 is 7.23. The molecule has 1 fully saturated rings. The van der Waals surface area contributed by atoms with Crippen LogP contribution in [0.2, 0.25) is 0 Å². The normalized spacial score (nSPS) is 15.6. The van der Waals surface area contributed by atoms with Crippen LogP contribution in [0.1, 0.15) is 18.4 Å². The zero-order valence-corrected chi connectivity index (χ0v) is 20.5. The van der Waals surface area contributed by atoms with E-state index in [9.17, 15) is 9.59 Å². The lowest BCUT2D eigenvalue weighted by Crippen LogP contribution is -2.33. The lowest BCUT2D eigenvalue weighted by atomic mass is 10.1. The van der Waals surface area contributed by atoms with Gasteiger partial charge in [-0.3, -0.25) is 14.2 Å². The lowest BCUT2D eigenvalue weighted by Gasteiger charge is -2.15. The van der Waals surface area contributed by atoms with Crippen LogP contribution in [0.5, 0.6) is 0 Å². The first-order valence-electron chi connectivity index (χ1n) is 11.3. The molecule has 6 nitrogen and oxygen atoms in total. The van der Waals surface area contributed by atoms with Crippen molar-refractivity contribution in [1.82, 2.24) is 14.9 Å². The minimum Gasteiger partial charge on any atom is -0.376 e. The maximum absolute atomic E-state index is 13.9. The second kappa shape index (κ2) is 10.1. The second-order valence-corrected chi connectivity index (χ2v) is 10.0. The highest BCUT2D eigenvalue weighted by molar-refractivity contribution is 7.99. The highest BCUT2D eigenvalue weighted by Crippen LogP contribution is 2.33. The Morgan fingerprint density at radius 1 is 1.21 bits per heavy atom. The van der Waals surface area contributed by atoms with Crippen molar-refractivity contribution in [2.75, 3.05) is 18.9 Å². The first-order valence-corrected chi connectivity index (χ1v) is 13.1. The van der Waals surface area contributed by atoms with Crippen molar-refractivity contribution in [3.05, 3.63) is 75.9 Å². The van der Waals surface area contributed by atoms with E-state index < -0.39 is 0 Å². The van der Waals surface area contributed by atoms with Crippen LogP contribution < -0.4 is 10.9 Å². The van der Waals surface area contributed by atoms with E-state index in [4.69, 9.17) is 9.72 Å². The summed E-state index contributed by atoms with van der Waals surface area (Å²) in [5.41, 5.74) is 3.48. The van der Waals surface area contributed by atoms with E-state index in [2.05, 4.69) is 5.32 Å². The third-order valence-electron chi connectivity index (χ3n) is 5.90. The molecule has 2 aromatic carbocycles. The average Bonchev–Trinajstić information content (AvgIpc) is 3.53. The number of carbonyl (C=O) groups is 1. The number of hydrogen-bond donors (Lipinski definition) is 1. The van der Waals surface area contributed by atoms with Crippen LogP contribution >= 0.6 is 23.1 Å². The van der Waals surface area contributed by atoms with Crippen LogP contribution in [-0.4, -0.2) is 40.5 Å². The van der Waals surface area contributed by atoms with Gasteiger partial charge in [0.25, 0.3) is 5.56 Å². The van der Waals surface area contributed by atoms with Crippen LogP contribution in [0, 0.1) is 6.92 Å². The van der Waals surface area contributed by atoms with Crippen molar-refractivity contribution in [1.29, 1.82) is 0 Å². The fourth-order valence-corrected chi connectivity index (χ4v) is 5.96. The number of fused-ring (bicyclic) bond motifs is 1. The molecule has 1 aliphatic heterocycles. The molecule has 8 heteroatoms. The van der Waals surface area contributed by atoms with Gasteiger partial charge in [-0.1, -0.05) is 60.3 Å². The van der Waals surface area contributed by atoms with Crippen molar-refractivity contribution in [3.63, 3.8) is 0 Å². The van der Waals surface area contributed by atoms with Crippen molar-refractivity contribution < 1.29 is 9.53 Å². The van der Waals surface area contributed by atoms with Gasteiger partial charge in [0.05, 0.1) is 22.9 Å². The number of carbonyl (C=O) groups excluding carboxylic acids is 1. The Morgan fingerprint density at radius 3 is 2.76 bits per heavy atom.